The summed E-state index contributed by atoms with van der Waals surface area (Å²) < 4.78 is 29.2. The smallest absolute Gasteiger partial charge is 0.294 e. The van der Waals surface area contributed by atoms with Crippen molar-refractivity contribution in [3.8, 4) is 0 Å². The molecule has 0 unspecified atom stereocenters. The molecular formula is C23H24F2N6O2. The minimum atomic E-state index is -0.974. The van der Waals surface area contributed by atoms with E-state index in [2.05, 4.69) is 20.6 Å². The number of carbonyl (C=O) groups excluding carboxylic acids is 1. The maximum Gasteiger partial charge on any atom is 0.294 e. The van der Waals surface area contributed by atoms with E-state index in [1.54, 1.807) is 25.3 Å². The van der Waals surface area contributed by atoms with Crippen LogP contribution in [-0.4, -0.2) is 20.4 Å². The summed E-state index contributed by atoms with van der Waals surface area (Å²) in [7, 11) is 0. The summed E-state index contributed by atoms with van der Waals surface area (Å²) in [5.41, 5.74) is 7.19. The fraction of sp³-hybridized carbons (Fsp3) is 0.304. The third-order valence-corrected chi connectivity index (χ3v) is 5.72. The first kappa shape index (κ1) is 22.4. The van der Waals surface area contributed by atoms with E-state index >= 15 is 0 Å². The van der Waals surface area contributed by atoms with Crippen molar-refractivity contribution in [1.82, 2.24) is 19.9 Å². The zero-order valence-corrected chi connectivity index (χ0v) is 18.2. The van der Waals surface area contributed by atoms with E-state index in [0.717, 1.165) is 11.6 Å². The fourth-order valence-electron chi connectivity index (χ4n) is 3.98. The average Bonchev–Trinajstić information content (AvgIpc) is 3.22. The van der Waals surface area contributed by atoms with E-state index in [0.29, 0.717) is 29.9 Å². The SMILES string of the molecule is Cc1cc(F)c(F)c(CNc2ncc3n(c2=O)[C@H](C(=O)N[C@H](C)c2ccc(N)nc2)CC3)c1. The van der Waals surface area contributed by atoms with Gasteiger partial charge in [0.15, 0.2) is 17.5 Å². The second-order valence-electron chi connectivity index (χ2n) is 8.15. The molecule has 8 nitrogen and oxygen atoms in total. The van der Waals surface area contributed by atoms with Crippen molar-refractivity contribution < 1.29 is 13.6 Å². The molecule has 4 rings (SSSR count). The van der Waals surface area contributed by atoms with E-state index in [-0.39, 0.29) is 29.9 Å². The molecule has 0 fully saturated rings. The summed E-state index contributed by atoms with van der Waals surface area (Å²) in [4.78, 5) is 34.2. The molecule has 0 saturated heterocycles. The predicted octanol–water partition coefficient (Wildman–Crippen LogP) is 2.78. The Bertz CT molecular complexity index is 1260. The number of hydrogen-bond donors (Lipinski definition) is 3. The number of nitrogen functional groups attached to an aromatic ring is 1. The van der Waals surface area contributed by atoms with Crippen molar-refractivity contribution in [2.75, 3.05) is 11.1 Å². The number of aromatic nitrogens is 3. The molecule has 3 heterocycles. The maximum absolute atomic E-state index is 14.1. The first-order chi connectivity index (χ1) is 15.7. The van der Waals surface area contributed by atoms with Gasteiger partial charge in [0, 0.05) is 30.2 Å². The van der Waals surface area contributed by atoms with Crippen LogP contribution in [0.5, 0.6) is 0 Å². The number of fused-ring (bicyclic) bond motifs is 1. The van der Waals surface area contributed by atoms with Crippen LogP contribution in [-0.2, 0) is 17.8 Å². The normalized spacial score (nSPS) is 15.7. The largest absolute Gasteiger partial charge is 0.384 e. The average molecular weight is 454 g/mol. The molecule has 10 heteroatoms. The Balaban J connectivity index is 1.52. The van der Waals surface area contributed by atoms with Gasteiger partial charge in [-0.2, -0.15) is 0 Å². The Morgan fingerprint density at radius 3 is 2.79 bits per heavy atom. The fourth-order valence-corrected chi connectivity index (χ4v) is 3.98. The van der Waals surface area contributed by atoms with Crippen LogP contribution in [0.25, 0.3) is 0 Å². The first-order valence-electron chi connectivity index (χ1n) is 10.5. The molecular weight excluding hydrogens is 430 g/mol. The molecule has 33 heavy (non-hydrogen) atoms. The van der Waals surface area contributed by atoms with Crippen molar-refractivity contribution in [1.29, 1.82) is 0 Å². The highest BCUT2D eigenvalue weighted by Gasteiger charge is 2.31. The number of nitrogens with one attached hydrogen (secondary N) is 2. The molecule has 0 aliphatic carbocycles. The molecule has 0 bridgehead atoms. The zero-order valence-electron chi connectivity index (χ0n) is 18.2. The number of hydrogen-bond acceptors (Lipinski definition) is 6. The molecule has 0 spiro atoms. The van der Waals surface area contributed by atoms with Crippen LogP contribution in [0.15, 0.2) is 41.5 Å². The van der Waals surface area contributed by atoms with Crippen molar-refractivity contribution in [3.05, 3.63) is 81.0 Å². The van der Waals surface area contributed by atoms with Gasteiger partial charge >= 0.3 is 0 Å². The van der Waals surface area contributed by atoms with E-state index in [1.807, 2.05) is 6.92 Å². The Labute approximate surface area is 188 Å². The number of rotatable bonds is 6. The van der Waals surface area contributed by atoms with E-state index in [4.69, 9.17) is 5.73 Å². The van der Waals surface area contributed by atoms with Gasteiger partial charge in [-0.25, -0.2) is 18.7 Å². The number of amides is 1. The maximum atomic E-state index is 14.1. The van der Waals surface area contributed by atoms with Crippen molar-refractivity contribution in [2.45, 2.75) is 45.3 Å². The Hall–Kier alpha value is -3.82. The van der Waals surface area contributed by atoms with Gasteiger partial charge in [-0.1, -0.05) is 12.1 Å². The third kappa shape index (κ3) is 4.55. The molecule has 3 aromatic rings. The van der Waals surface area contributed by atoms with Crippen LogP contribution in [0.2, 0.25) is 0 Å². The van der Waals surface area contributed by atoms with Crippen molar-refractivity contribution in [2.24, 2.45) is 0 Å². The molecule has 2 atom stereocenters. The Kier molecular flexibility index (Phi) is 6.08. The molecule has 1 amide bonds. The quantitative estimate of drug-likeness (QED) is 0.528. The minimum Gasteiger partial charge on any atom is -0.384 e. The van der Waals surface area contributed by atoms with Gasteiger partial charge in [0.05, 0.1) is 6.04 Å². The summed E-state index contributed by atoms with van der Waals surface area (Å²) in [5, 5.41) is 5.69. The lowest BCUT2D eigenvalue weighted by Gasteiger charge is -2.19. The number of carbonyl (C=O) groups is 1. The number of nitrogens with zero attached hydrogens (tertiary/aromatic N) is 3. The summed E-state index contributed by atoms with van der Waals surface area (Å²) in [5.74, 6) is -1.88. The van der Waals surface area contributed by atoms with Crippen molar-refractivity contribution >= 4 is 17.5 Å². The van der Waals surface area contributed by atoms with Crippen molar-refractivity contribution in [3.63, 3.8) is 0 Å². The summed E-state index contributed by atoms with van der Waals surface area (Å²) in [6.45, 7) is 3.35. The predicted molar refractivity (Wildman–Crippen MR) is 119 cm³/mol. The van der Waals surface area contributed by atoms with Gasteiger partial charge in [0.2, 0.25) is 5.91 Å². The number of anilines is 2. The lowest BCUT2D eigenvalue weighted by atomic mass is 10.1. The van der Waals surface area contributed by atoms with E-state index < -0.39 is 23.2 Å². The molecule has 4 N–H and O–H groups in total. The van der Waals surface area contributed by atoms with Crippen LogP contribution in [0, 0.1) is 18.6 Å². The number of aryl methyl sites for hydroxylation is 2. The van der Waals surface area contributed by atoms with E-state index in [1.165, 1.54) is 16.8 Å². The zero-order chi connectivity index (χ0) is 23.7. The molecule has 1 aliphatic rings. The molecule has 2 aromatic heterocycles. The standard InChI is InChI=1S/C23H24F2N6O2/c1-12-7-15(20(25)17(24)8-12)10-28-21-23(33)31-16(11-29-21)4-5-18(31)22(32)30-13(2)14-3-6-19(26)27-9-14/h3,6-9,11,13,18H,4-5,10H2,1-2H3,(H2,26,27)(H,28,29)(H,30,32)/t13-,18+/m1/s1. The second kappa shape index (κ2) is 8.97. The highest BCUT2D eigenvalue weighted by molar-refractivity contribution is 5.81. The molecule has 0 saturated carbocycles. The van der Waals surface area contributed by atoms with Crippen LogP contribution in [0.4, 0.5) is 20.4 Å². The van der Waals surface area contributed by atoms with Crippen LogP contribution < -0.4 is 21.9 Å². The minimum absolute atomic E-state index is 0.0319. The molecule has 1 aliphatic heterocycles. The second-order valence-corrected chi connectivity index (χ2v) is 8.15. The highest BCUT2D eigenvalue weighted by atomic mass is 19.2. The van der Waals surface area contributed by atoms with Gasteiger partial charge in [0.1, 0.15) is 11.9 Å². The Morgan fingerprint density at radius 1 is 1.27 bits per heavy atom. The van der Waals surface area contributed by atoms with Crippen LogP contribution in [0.1, 0.15) is 47.8 Å². The number of benzene rings is 1. The van der Waals surface area contributed by atoms with Crippen LogP contribution >= 0.6 is 0 Å². The lowest BCUT2D eigenvalue weighted by Crippen LogP contribution is -2.37. The molecule has 0 radical (unpaired) electrons. The summed E-state index contributed by atoms with van der Waals surface area (Å²) >= 11 is 0. The third-order valence-electron chi connectivity index (χ3n) is 5.72. The Morgan fingerprint density at radius 2 is 2.06 bits per heavy atom. The number of pyridine rings is 1. The van der Waals surface area contributed by atoms with Gasteiger partial charge in [-0.15, -0.1) is 0 Å². The highest BCUT2D eigenvalue weighted by Crippen LogP contribution is 2.25. The summed E-state index contributed by atoms with van der Waals surface area (Å²) in [6.07, 6.45) is 4.10. The first-order valence-corrected chi connectivity index (χ1v) is 10.5. The monoisotopic (exact) mass is 454 g/mol. The molecule has 1 aromatic carbocycles. The van der Waals surface area contributed by atoms with Gasteiger partial charge < -0.3 is 16.4 Å². The van der Waals surface area contributed by atoms with Crippen LogP contribution in [0.3, 0.4) is 0 Å². The van der Waals surface area contributed by atoms with E-state index in [9.17, 15) is 18.4 Å². The number of nitrogens with two attached hydrogens (primary N) is 1. The number of halogens is 2. The topological polar surface area (TPSA) is 115 Å². The molecule has 172 valence electrons. The van der Waals surface area contributed by atoms with Gasteiger partial charge in [-0.05, 0) is 49.9 Å². The summed E-state index contributed by atoms with van der Waals surface area (Å²) in [6, 6.07) is 5.00. The lowest BCUT2D eigenvalue weighted by molar-refractivity contribution is -0.124. The van der Waals surface area contributed by atoms with Gasteiger partial charge in [0.25, 0.3) is 5.56 Å². The van der Waals surface area contributed by atoms with Gasteiger partial charge in [-0.3, -0.25) is 14.2 Å².